The van der Waals surface area contributed by atoms with Crippen LogP contribution in [0.15, 0.2) is 52.3 Å². The first-order chi connectivity index (χ1) is 9.15. The van der Waals surface area contributed by atoms with Crippen molar-refractivity contribution in [3.05, 3.63) is 58.5 Å². The van der Waals surface area contributed by atoms with Gasteiger partial charge in [-0.3, -0.25) is 4.79 Å². The Morgan fingerprint density at radius 3 is 2.53 bits per heavy atom. The lowest BCUT2D eigenvalue weighted by Crippen LogP contribution is -1.93. The Bertz CT molecular complexity index is 704. The molecule has 94 valence electrons. The molecule has 19 heavy (non-hydrogen) atoms. The summed E-state index contributed by atoms with van der Waals surface area (Å²) in [6.07, 6.45) is 1.71. The smallest absolute Gasteiger partial charge is 0.200 e. The lowest BCUT2D eigenvalue weighted by atomic mass is 10.1. The molecule has 1 heterocycles. The van der Waals surface area contributed by atoms with Gasteiger partial charge >= 0.3 is 0 Å². The van der Waals surface area contributed by atoms with Gasteiger partial charge in [0.2, 0.25) is 5.78 Å². The minimum Gasteiger partial charge on any atom is -0.504 e. The van der Waals surface area contributed by atoms with Crippen LogP contribution in [0, 0.1) is 0 Å². The number of rotatable bonds is 1. The zero-order valence-electron chi connectivity index (χ0n) is 9.83. The van der Waals surface area contributed by atoms with Crippen LogP contribution in [-0.4, -0.2) is 16.0 Å². The van der Waals surface area contributed by atoms with Gasteiger partial charge in [0, 0.05) is 10.5 Å². The Morgan fingerprint density at radius 1 is 1.00 bits per heavy atom. The number of phenolic OH excluding ortho intramolecular Hbond substituents is 2. The van der Waals surface area contributed by atoms with Gasteiger partial charge in [-0.2, -0.15) is 0 Å². The number of phenols is 2. The first-order valence-electron chi connectivity index (χ1n) is 5.70. The predicted molar refractivity (Wildman–Crippen MR) is 74.4 cm³/mol. The quantitative estimate of drug-likeness (QED) is 0.615. The summed E-state index contributed by atoms with van der Waals surface area (Å²) in [7, 11) is 0. The van der Waals surface area contributed by atoms with Crippen molar-refractivity contribution in [2.24, 2.45) is 0 Å². The average molecular weight is 270 g/mol. The Labute approximate surface area is 114 Å². The van der Waals surface area contributed by atoms with Gasteiger partial charge in [0.1, 0.15) is 0 Å². The molecule has 0 spiro atoms. The van der Waals surface area contributed by atoms with E-state index < -0.39 is 0 Å². The summed E-state index contributed by atoms with van der Waals surface area (Å²) < 4.78 is 0. The van der Waals surface area contributed by atoms with E-state index in [1.807, 2.05) is 18.2 Å². The van der Waals surface area contributed by atoms with Crippen LogP contribution in [0.25, 0.3) is 6.08 Å². The number of aromatic hydroxyl groups is 2. The molecule has 2 aromatic rings. The van der Waals surface area contributed by atoms with E-state index in [4.69, 9.17) is 0 Å². The van der Waals surface area contributed by atoms with Gasteiger partial charge in [-0.05, 0) is 35.9 Å². The zero-order valence-corrected chi connectivity index (χ0v) is 10.6. The van der Waals surface area contributed by atoms with E-state index in [1.165, 1.54) is 23.9 Å². The monoisotopic (exact) mass is 270 g/mol. The van der Waals surface area contributed by atoms with E-state index in [0.717, 1.165) is 4.90 Å². The number of thioether (sulfide) groups is 1. The first kappa shape index (κ1) is 11.9. The summed E-state index contributed by atoms with van der Waals surface area (Å²) in [4.78, 5) is 13.7. The second kappa shape index (κ2) is 4.48. The first-order valence-corrected chi connectivity index (χ1v) is 6.52. The number of Topliss-reactive ketones (excluding diaryl/α,β-unsaturated/α-hetero) is 1. The van der Waals surface area contributed by atoms with E-state index in [0.29, 0.717) is 16.0 Å². The van der Waals surface area contributed by atoms with Crippen LogP contribution in [-0.2, 0) is 0 Å². The summed E-state index contributed by atoms with van der Waals surface area (Å²) in [5.74, 6) is -0.369. The van der Waals surface area contributed by atoms with Gasteiger partial charge in [-0.15, -0.1) is 0 Å². The molecule has 1 aliphatic heterocycles. The molecular formula is C15H10O3S. The van der Waals surface area contributed by atoms with Crippen LogP contribution in [0.2, 0.25) is 0 Å². The standard InChI is InChI=1S/C15H10O3S/c16-11-6-5-9(7-12(11)17)8-14-15(18)10-3-1-2-4-13(10)19-14/h1-8,16-17H/b14-8-. The molecule has 0 radical (unpaired) electrons. The second-order valence-electron chi connectivity index (χ2n) is 4.18. The molecule has 4 heteroatoms. The Balaban J connectivity index is 1.98. The zero-order chi connectivity index (χ0) is 13.4. The molecule has 2 N–H and O–H groups in total. The van der Waals surface area contributed by atoms with Crippen molar-refractivity contribution in [2.75, 3.05) is 0 Å². The Hall–Kier alpha value is -2.20. The Morgan fingerprint density at radius 2 is 1.79 bits per heavy atom. The summed E-state index contributed by atoms with van der Waals surface area (Å²) in [6, 6.07) is 11.9. The third-order valence-corrected chi connectivity index (χ3v) is 3.97. The van der Waals surface area contributed by atoms with E-state index in [-0.39, 0.29) is 17.3 Å². The van der Waals surface area contributed by atoms with Crippen molar-refractivity contribution in [1.29, 1.82) is 0 Å². The topological polar surface area (TPSA) is 57.5 Å². The highest BCUT2D eigenvalue weighted by Gasteiger charge is 2.25. The molecule has 0 unspecified atom stereocenters. The number of hydrogen-bond donors (Lipinski definition) is 2. The molecule has 0 bridgehead atoms. The summed E-state index contributed by atoms with van der Waals surface area (Å²) in [5, 5.41) is 18.7. The van der Waals surface area contributed by atoms with Crippen LogP contribution in [0.3, 0.4) is 0 Å². The third-order valence-electron chi connectivity index (χ3n) is 2.87. The molecule has 3 nitrogen and oxygen atoms in total. The second-order valence-corrected chi connectivity index (χ2v) is 5.27. The SMILES string of the molecule is O=C1/C(=C/c2ccc(O)c(O)c2)Sc2ccccc21. The van der Waals surface area contributed by atoms with Crippen molar-refractivity contribution in [3.63, 3.8) is 0 Å². The number of carbonyl (C=O) groups is 1. The van der Waals surface area contributed by atoms with Gasteiger partial charge in [0.05, 0.1) is 4.91 Å². The molecule has 0 aromatic heterocycles. The molecule has 2 aromatic carbocycles. The molecule has 0 fully saturated rings. The normalized spacial score (nSPS) is 15.8. The van der Waals surface area contributed by atoms with Crippen molar-refractivity contribution >= 4 is 23.6 Å². The van der Waals surface area contributed by atoms with Crippen molar-refractivity contribution in [1.82, 2.24) is 0 Å². The van der Waals surface area contributed by atoms with Crippen LogP contribution in [0.5, 0.6) is 11.5 Å². The van der Waals surface area contributed by atoms with E-state index >= 15 is 0 Å². The lowest BCUT2D eigenvalue weighted by Gasteiger charge is -1.99. The minimum atomic E-state index is -0.192. The predicted octanol–water partition coefficient (Wildman–Crippen LogP) is 3.43. The number of allylic oxidation sites excluding steroid dienone is 1. The molecule has 0 atom stereocenters. The average Bonchev–Trinajstić information content (AvgIpc) is 2.72. The van der Waals surface area contributed by atoms with E-state index in [2.05, 4.69) is 0 Å². The highest BCUT2D eigenvalue weighted by atomic mass is 32.2. The van der Waals surface area contributed by atoms with Crippen molar-refractivity contribution in [3.8, 4) is 11.5 Å². The molecule has 0 amide bonds. The number of hydrogen-bond acceptors (Lipinski definition) is 4. The molecule has 0 saturated heterocycles. The Kier molecular flexibility index (Phi) is 2.80. The van der Waals surface area contributed by atoms with Gasteiger partial charge in [0.25, 0.3) is 0 Å². The molecule has 1 aliphatic rings. The van der Waals surface area contributed by atoms with E-state index in [9.17, 15) is 15.0 Å². The van der Waals surface area contributed by atoms with Gasteiger partial charge in [0.15, 0.2) is 11.5 Å². The minimum absolute atomic E-state index is 0.00633. The number of benzene rings is 2. The van der Waals surface area contributed by atoms with Gasteiger partial charge in [-0.1, -0.05) is 30.0 Å². The highest BCUT2D eigenvalue weighted by molar-refractivity contribution is 8.04. The fourth-order valence-corrected chi connectivity index (χ4v) is 2.97. The molecule has 0 saturated carbocycles. The van der Waals surface area contributed by atoms with Crippen LogP contribution in [0.1, 0.15) is 15.9 Å². The molecule has 3 rings (SSSR count). The van der Waals surface area contributed by atoms with Crippen LogP contribution >= 0.6 is 11.8 Å². The molecular weight excluding hydrogens is 260 g/mol. The maximum Gasteiger partial charge on any atom is 0.200 e. The maximum absolute atomic E-state index is 12.2. The van der Waals surface area contributed by atoms with Gasteiger partial charge in [-0.25, -0.2) is 0 Å². The fourth-order valence-electron chi connectivity index (χ4n) is 1.92. The third kappa shape index (κ3) is 2.11. The fraction of sp³-hybridized carbons (Fsp3) is 0. The maximum atomic E-state index is 12.2. The van der Waals surface area contributed by atoms with Crippen LogP contribution in [0.4, 0.5) is 0 Å². The number of fused-ring (bicyclic) bond motifs is 1. The van der Waals surface area contributed by atoms with Gasteiger partial charge < -0.3 is 10.2 Å². The van der Waals surface area contributed by atoms with E-state index in [1.54, 1.807) is 18.2 Å². The lowest BCUT2D eigenvalue weighted by molar-refractivity contribution is 0.104. The molecule has 0 aliphatic carbocycles. The van der Waals surface area contributed by atoms with Crippen molar-refractivity contribution in [2.45, 2.75) is 4.90 Å². The number of ketones is 1. The summed E-state index contributed by atoms with van der Waals surface area (Å²) in [6.45, 7) is 0. The largest absolute Gasteiger partial charge is 0.504 e. The van der Waals surface area contributed by atoms with Crippen molar-refractivity contribution < 1.29 is 15.0 Å². The number of carbonyl (C=O) groups excluding carboxylic acids is 1. The highest BCUT2D eigenvalue weighted by Crippen LogP contribution is 2.40. The summed E-state index contributed by atoms with van der Waals surface area (Å²) in [5.41, 5.74) is 1.39. The van der Waals surface area contributed by atoms with Crippen LogP contribution < -0.4 is 0 Å². The summed E-state index contributed by atoms with van der Waals surface area (Å²) >= 11 is 1.42.